The van der Waals surface area contributed by atoms with Crippen LogP contribution in [0.2, 0.25) is 0 Å². The van der Waals surface area contributed by atoms with E-state index in [-0.39, 0.29) is 11.4 Å². The summed E-state index contributed by atoms with van der Waals surface area (Å²) in [6.45, 7) is 4.47. The van der Waals surface area contributed by atoms with Crippen LogP contribution in [0.1, 0.15) is 132 Å². The van der Waals surface area contributed by atoms with Crippen LogP contribution in [0.5, 0.6) is 5.75 Å². The number of nitrogens with zero attached hydrogens (tertiary/aromatic N) is 2. The Kier molecular flexibility index (Phi) is 15.1. The standard InChI is InChI=1S/C36H49FN2O2/c1-3-5-7-9-11-13-14-16-18-29-20-23-31(24-21-29)33-27-39-34(28-38-33)36(40)41-35-25-22-30(26-32(35)37)19-17-15-12-10-8-6-4-2/h20-28H,3-19H2,1-2H3. The minimum Gasteiger partial charge on any atom is -0.419 e. The maximum Gasteiger partial charge on any atom is 0.364 e. The number of halogens is 1. The van der Waals surface area contributed by atoms with E-state index in [4.69, 9.17) is 4.74 Å². The van der Waals surface area contributed by atoms with Crippen LogP contribution < -0.4 is 4.74 Å². The van der Waals surface area contributed by atoms with Crippen LogP contribution in [0, 0.1) is 5.82 Å². The molecule has 0 bridgehead atoms. The van der Waals surface area contributed by atoms with E-state index in [9.17, 15) is 9.18 Å². The number of carbonyl (C=O) groups excluding carboxylic acids is 1. The SMILES string of the molecule is CCCCCCCCCCc1ccc(-c2cnc(C(=O)Oc3ccc(CCCCCCCCC)cc3F)cn2)cc1. The lowest BCUT2D eigenvalue weighted by atomic mass is 10.0. The molecule has 0 fully saturated rings. The highest BCUT2D eigenvalue weighted by Crippen LogP contribution is 2.22. The van der Waals surface area contributed by atoms with Gasteiger partial charge in [-0.2, -0.15) is 0 Å². The van der Waals surface area contributed by atoms with Crippen molar-refractivity contribution in [2.75, 3.05) is 0 Å². The molecule has 0 amide bonds. The third kappa shape index (κ3) is 12.1. The monoisotopic (exact) mass is 560 g/mol. The Morgan fingerprint density at radius 3 is 1.73 bits per heavy atom. The van der Waals surface area contributed by atoms with Gasteiger partial charge in [0, 0.05) is 5.56 Å². The highest BCUT2D eigenvalue weighted by molar-refractivity contribution is 5.88. The first-order valence-electron chi connectivity index (χ1n) is 16.0. The van der Waals surface area contributed by atoms with Gasteiger partial charge in [-0.3, -0.25) is 4.98 Å². The number of hydrogen-bond donors (Lipinski definition) is 0. The number of benzene rings is 2. The molecule has 4 nitrogen and oxygen atoms in total. The van der Waals surface area contributed by atoms with Crippen molar-refractivity contribution in [3.63, 3.8) is 0 Å². The largest absolute Gasteiger partial charge is 0.419 e. The zero-order valence-electron chi connectivity index (χ0n) is 25.3. The van der Waals surface area contributed by atoms with Gasteiger partial charge in [0.1, 0.15) is 0 Å². The molecule has 2 aromatic carbocycles. The summed E-state index contributed by atoms with van der Waals surface area (Å²) in [4.78, 5) is 21.2. The van der Waals surface area contributed by atoms with Crippen molar-refractivity contribution in [3.05, 3.63) is 77.5 Å². The zero-order valence-corrected chi connectivity index (χ0v) is 25.3. The molecule has 0 saturated heterocycles. The smallest absolute Gasteiger partial charge is 0.364 e. The van der Waals surface area contributed by atoms with Crippen LogP contribution >= 0.6 is 0 Å². The Morgan fingerprint density at radius 2 is 1.20 bits per heavy atom. The topological polar surface area (TPSA) is 52.1 Å². The summed E-state index contributed by atoms with van der Waals surface area (Å²) >= 11 is 0. The van der Waals surface area contributed by atoms with Crippen molar-refractivity contribution in [2.24, 2.45) is 0 Å². The van der Waals surface area contributed by atoms with E-state index >= 15 is 0 Å². The summed E-state index contributed by atoms with van der Waals surface area (Å²) in [5, 5.41) is 0. The van der Waals surface area contributed by atoms with Gasteiger partial charge in [-0.25, -0.2) is 14.2 Å². The summed E-state index contributed by atoms with van der Waals surface area (Å²) in [6.07, 6.45) is 24.0. The molecule has 0 spiro atoms. The molecule has 1 heterocycles. The zero-order chi connectivity index (χ0) is 29.1. The number of unbranched alkanes of at least 4 members (excludes halogenated alkanes) is 13. The maximum atomic E-state index is 14.6. The summed E-state index contributed by atoms with van der Waals surface area (Å²) in [5.74, 6) is -1.34. The number of rotatable bonds is 20. The minimum absolute atomic E-state index is 0.0478. The molecular formula is C36H49FN2O2. The van der Waals surface area contributed by atoms with Crippen LogP contribution in [-0.2, 0) is 12.8 Å². The molecule has 222 valence electrons. The van der Waals surface area contributed by atoms with E-state index in [2.05, 4.69) is 35.9 Å². The molecular weight excluding hydrogens is 511 g/mol. The van der Waals surface area contributed by atoms with E-state index in [0.717, 1.165) is 36.8 Å². The number of ether oxygens (including phenoxy) is 1. The molecule has 0 N–H and O–H groups in total. The summed E-state index contributed by atoms with van der Waals surface area (Å²) in [5.41, 5.74) is 3.92. The molecule has 5 heteroatoms. The van der Waals surface area contributed by atoms with E-state index in [0.29, 0.717) is 5.69 Å². The lowest BCUT2D eigenvalue weighted by Crippen LogP contribution is -2.12. The highest BCUT2D eigenvalue weighted by atomic mass is 19.1. The number of aryl methyl sites for hydroxylation is 2. The number of esters is 1. The lowest BCUT2D eigenvalue weighted by molar-refractivity contribution is 0.0721. The Balaban J connectivity index is 1.41. The summed E-state index contributed by atoms with van der Waals surface area (Å²) in [6, 6.07) is 13.2. The van der Waals surface area contributed by atoms with Gasteiger partial charge < -0.3 is 4.74 Å². The normalized spacial score (nSPS) is 11.1. The fraction of sp³-hybridized carbons (Fsp3) is 0.528. The molecule has 3 rings (SSSR count). The average Bonchev–Trinajstić information content (AvgIpc) is 2.99. The van der Waals surface area contributed by atoms with E-state index < -0.39 is 11.8 Å². The minimum atomic E-state index is -0.719. The van der Waals surface area contributed by atoms with E-state index in [1.165, 1.54) is 107 Å². The maximum absolute atomic E-state index is 14.6. The van der Waals surface area contributed by atoms with Gasteiger partial charge in [-0.15, -0.1) is 0 Å². The Labute approximate surface area is 247 Å². The molecule has 1 aromatic heterocycles. The van der Waals surface area contributed by atoms with Crippen molar-refractivity contribution in [3.8, 4) is 17.0 Å². The molecule has 3 aromatic rings. The fourth-order valence-corrected chi connectivity index (χ4v) is 5.11. The van der Waals surface area contributed by atoms with Gasteiger partial charge in [-0.1, -0.05) is 128 Å². The first-order valence-corrected chi connectivity index (χ1v) is 16.0. The lowest BCUT2D eigenvalue weighted by Gasteiger charge is -2.08. The van der Waals surface area contributed by atoms with Crippen LogP contribution in [0.15, 0.2) is 54.9 Å². The van der Waals surface area contributed by atoms with Gasteiger partial charge in [0.05, 0.1) is 18.1 Å². The number of hydrogen-bond acceptors (Lipinski definition) is 4. The highest BCUT2D eigenvalue weighted by Gasteiger charge is 2.15. The van der Waals surface area contributed by atoms with Crippen LogP contribution in [0.25, 0.3) is 11.3 Å². The molecule has 0 atom stereocenters. The van der Waals surface area contributed by atoms with Gasteiger partial charge >= 0.3 is 5.97 Å². The summed E-state index contributed by atoms with van der Waals surface area (Å²) in [7, 11) is 0. The third-order valence-electron chi connectivity index (χ3n) is 7.70. The van der Waals surface area contributed by atoms with Crippen molar-refractivity contribution in [1.29, 1.82) is 0 Å². The average molecular weight is 561 g/mol. The number of carbonyl (C=O) groups is 1. The predicted octanol–water partition coefficient (Wildman–Crippen LogP) is 10.5. The van der Waals surface area contributed by atoms with Gasteiger partial charge in [0.15, 0.2) is 17.3 Å². The van der Waals surface area contributed by atoms with Crippen molar-refractivity contribution < 1.29 is 13.9 Å². The molecule has 0 aliphatic carbocycles. The predicted molar refractivity (Wildman–Crippen MR) is 167 cm³/mol. The van der Waals surface area contributed by atoms with Crippen LogP contribution in [0.3, 0.4) is 0 Å². The summed E-state index contributed by atoms with van der Waals surface area (Å²) < 4.78 is 19.9. The fourth-order valence-electron chi connectivity index (χ4n) is 5.11. The third-order valence-corrected chi connectivity index (χ3v) is 7.70. The first kappa shape index (κ1) is 32.4. The van der Waals surface area contributed by atoms with Gasteiger partial charge in [-0.05, 0) is 48.9 Å². The quantitative estimate of drug-likeness (QED) is 0.0783. The second kappa shape index (κ2) is 19.1. The van der Waals surface area contributed by atoms with Crippen molar-refractivity contribution in [1.82, 2.24) is 9.97 Å². The molecule has 0 aliphatic rings. The first-order chi connectivity index (χ1) is 20.1. The Bertz CT molecular complexity index is 1150. The van der Waals surface area contributed by atoms with E-state index in [1.807, 2.05) is 18.2 Å². The molecule has 41 heavy (non-hydrogen) atoms. The molecule has 0 radical (unpaired) electrons. The van der Waals surface area contributed by atoms with E-state index in [1.54, 1.807) is 6.20 Å². The molecule has 0 unspecified atom stereocenters. The van der Waals surface area contributed by atoms with Crippen molar-refractivity contribution in [2.45, 2.75) is 123 Å². The van der Waals surface area contributed by atoms with Crippen LogP contribution in [-0.4, -0.2) is 15.9 Å². The van der Waals surface area contributed by atoms with Gasteiger partial charge in [0.25, 0.3) is 0 Å². The second-order valence-electron chi connectivity index (χ2n) is 11.2. The number of aromatic nitrogens is 2. The Morgan fingerprint density at radius 1 is 0.659 bits per heavy atom. The van der Waals surface area contributed by atoms with Crippen molar-refractivity contribution >= 4 is 5.97 Å². The van der Waals surface area contributed by atoms with Gasteiger partial charge in [0.2, 0.25) is 0 Å². The second-order valence-corrected chi connectivity index (χ2v) is 11.2. The Hall–Kier alpha value is -3.08. The molecule has 0 aliphatic heterocycles. The molecule has 0 saturated carbocycles. The van der Waals surface area contributed by atoms with Crippen LogP contribution in [0.4, 0.5) is 4.39 Å².